The third-order valence-corrected chi connectivity index (χ3v) is 7.58. The zero-order valence-corrected chi connectivity index (χ0v) is 18.4. The normalized spacial score (nSPS) is 14.2. The molecule has 0 saturated carbocycles. The summed E-state index contributed by atoms with van der Waals surface area (Å²) in [5, 5.41) is 0. The SMILES string of the molecule is COc1ccc(C)c2c1N(C(=O)c1ccc(S(=O)(=O)N(C)C(C)C)cc1)CCC2. The van der Waals surface area contributed by atoms with Crippen molar-refractivity contribution in [3.63, 3.8) is 0 Å². The Morgan fingerprint density at radius 2 is 1.79 bits per heavy atom. The molecular formula is C22H28N2O4S. The first kappa shape index (κ1) is 21.3. The third-order valence-electron chi connectivity index (χ3n) is 5.53. The third kappa shape index (κ3) is 3.89. The minimum absolute atomic E-state index is 0.151. The Hall–Kier alpha value is -2.38. The van der Waals surface area contributed by atoms with E-state index in [1.54, 1.807) is 31.2 Å². The van der Waals surface area contributed by atoms with Crippen molar-refractivity contribution in [2.75, 3.05) is 25.6 Å². The first-order valence-corrected chi connectivity index (χ1v) is 11.2. The van der Waals surface area contributed by atoms with Gasteiger partial charge in [0, 0.05) is 25.2 Å². The van der Waals surface area contributed by atoms with Crippen LogP contribution in [0.4, 0.5) is 5.69 Å². The number of nitrogens with zero attached hydrogens (tertiary/aromatic N) is 2. The van der Waals surface area contributed by atoms with Crippen LogP contribution in [0.3, 0.4) is 0 Å². The van der Waals surface area contributed by atoms with E-state index < -0.39 is 10.0 Å². The highest BCUT2D eigenvalue weighted by Gasteiger charge is 2.29. The number of benzene rings is 2. The number of amides is 1. The molecule has 3 rings (SSSR count). The molecule has 2 aromatic carbocycles. The van der Waals surface area contributed by atoms with E-state index in [0.29, 0.717) is 17.9 Å². The van der Waals surface area contributed by atoms with Gasteiger partial charge in [0.1, 0.15) is 5.75 Å². The summed E-state index contributed by atoms with van der Waals surface area (Å²) in [7, 11) is -0.424. The number of rotatable bonds is 5. The zero-order chi connectivity index (χ0) is 21.3. The van der Waals surface area contributed by atoms with Gasteiger partial charge in [-0.15, -0.1) is 0 Å². The van der Waals surface area contributed by atoms with Crippen molar-refractivity contribution in [3.05, 3.63) is 53.1 Å². The topological polar surface area (TPSA) is 66.9 Å². The number of methoxy groups -OCH3 is 1. The highest BCUT2D eigenvalue weighted by molar-refractivity contribution is 7.89. The van der Waals surface area contributed by atoms with Gasteiger partial charge in [-0.1, -0.05) is 6.07 Å². The van der Waals surface area contributed by atoms with Crippen LogP contribution in [0.5, 0.6) is 5.75 Å². The average molecular weight is 417 g/mol. The molecule has 1 heterocycles. The van der Waals surface area contributed by atoms with Crippen molar-refractivity contribution in [2.45, 2.75) is 44.6 Å². The molecule has 7 heteroatoms. The second-order valence-electron chi connectivity index (χ2n) is 7.61. The van der Waals surface area contributed by atoms with Gasteiger partial charge >= 0.3 is 0 Å². The molecule has 6 nitrogen and oxygen atoms in total. The van der Waals surface area contributed by atoms with Crippen molar-refractivity contribution in [1.29, 1.82) is 0 Å². The number of aryl methyl sites for hydroxylation is 1. The maximum atomic E-state index is 13.3. The minimum Gasteiger partial charge on any atom is -0.495 e. The largest absolute Gasteiger partial charge is 0.495 e. The van der Waals surface area contributed by atoms with Gasteiger partial charge in [0.2, 0.25) is 10.0 Å². The Morgan fingerprint density at radius 1 is 1.14 bits per heavy atom. The predicted octanol–water partition coefficient (Wildman–Crippen LogP) is 3.63. The molecule has 0 atom stereocenters. The summed E-state index contributed by atoms with van der Waals surface area (Å²) in [6, 6.07) is 9.91. The van der Waals surface area contributed by atoms with Gasteiger partial charge in [0.05, 0.1) is 17.7 Å². The molecule has 156 valence electrons. The van der Waals surface area contributed by atoms with E-state index in [2.05, 4.69) is 0 Å². The molecule has 1 amide bonds. The van der Waals surface area contributed by atoms with Crippen LogP contribution < -0.4 is 9.64 Å². The summed E-state index contributed by atoms with van der Waals surface area (Å²) >= 11 is 0. The predicted molar refractivity (Wildman–Crippen MR) is 114 cm³/mol. The maximum Gasteiger partial charge on any atom is 0.258 e. The van der Waals surface area contributed by atoms with Gasteiger partial charge < -0.3 is 9.64 Å². The zero-order valence-electron chi connectivity index (χ0n) is 17.6. The van der Waals surface area contributed by atoms with Gasteiger partial charge in [0.15, 0.2) is 0 Å². The number of anilines is 1. The van der Waals surface area contributed by atoms with E-state index in [1.165, 1.54) is 16.4 Å². The van der Waals surface area contributed by atoms with Crippen molar-refractivity contribution in [3.8, 4) is 5.75 Å². The van der Waals surface area contributed by atoms with E-state index in [0.717, 1.165) is 29.7 Å². The summed E-state index contributed by atoms with van der Waals surface area (Å²) in [5.74, 6) is 0.521. The second-order valence-corrected chi connectivity index (χ2v) is 9.61. The maximum absolute atomic E-state index is 13.3. The van der Waals surface area contributed by atoms with Crippen molar-refractivity contribution >= 4 is 21.6 Å². The molecular weight excluding hydrogens is 388 g/mol. The fourth-order valence-corrected chi connectivity index (χ4v) is 4.96. The Morgan fingerprint density at radius 3 is 2.38 bits per heavy atom. The number of hydrogen-bond acceptors (Lipinski definition) is 4. The van der Waals surface area contributed by atoms with Crippen LogP contribution in [-0.2, 0) is 16.4 Å². The lowest BCUT2D eigenvalue weighted by Crippen LogP contribution is -2.36. The van der Waals surface area contributed by atoms with E-state index in [-0.39, 0.29) is 16.8 Å². The number of carbonyl (C=O) groups is 1. The molecule has 0 bridgehead atoms. The van der Waals surface area contributed by atoms with E-state index in [1.807, 2.05) is 32.9 Å². The van der Waals surface area contributed by atoms with Crippen molar-refractivity contribution in [1.82, 2.24) is 4.31 Å². The monoisotopic (exact) mass is 416 g/mol. The van der Waals surface area contributed by atoms with Gasteiger partial charge in [0.25, 0.3) is 5.91 Å². The standard InChI is InChI=1S/C22H28N2O4S/c1-15(2)23(4)29(26,27)18-11-9-17(10-12-18)22(25)24-14-6-7-19-16(3)8-13-20(28-5)21(19)24/h8-13,15H,6-7,14H2,1-5H3. The van der Waals surface area contributed by atoms with Crippen LogP contribution in [0.15, 0.2) is 41.3 Å². The van der Waals surface area contributed by atoms with Crippen LogP contribution in [0.1, 0.15) is 41.8 Å². The smallest absolute Gasteiger partial charge is 0.258 e. The highest BCUT2D eigenvalue weighted by atomic mass is 32.2. The van der Waals surface area contributed by atoms with Crippen LogP contribution in [0, 0.1) is 6.92 Å². The van der Waals surface area contributed by atoms with E-state index in [9.17, 15) is 13.2 Å². The molecule has 1 aliphatic heterocycles. The lowest BCUT2D eigenvalue weighted by molar-refractivity contribution is 0.0984. The lowest BCUT2D eigenvalue weighted by Gasteiger charge is -2.32. The number of hydrogen-bond donors (Lipinski definition) is 0. The fraction of sp³-hybridized carbons (Fsp3) is 0.409. The average Bonchev–Trinajstić information content (AvgIpc) is 2.72. The summed E-state index contributed by atoms with van der Waals surface area (Å²) in [6.07, 6.45) is 1.78. The van der Waals surface area contributed by atoms with Gasteiger partial charge in [-0.3, -0.25) is 4.79 Å². The molecule has 0 saturated heterocycles. The molecule has 0 aliphatic carbocycles. The first-order valence-electron chi connectivity index (χ1n) is 9.75. The Labute approximate surface area is 173 Å². The molecule has 0 spiro atoms. The summed E-state index contributed by atoms with van der Waals surface area (Å²) in [6.45, 7) is 6.27. The van der Waals surface area contributed by atoms with E-state index >= 15 is 0 Å². The molecule has 0 N–H and O–H groups in total. The molecule has 0 radical (unpaired) electrons. The molecule has 1 aliphatic rings. The van der Waals surface area contributed by atoms with Crippen LogP contribution in [0.25, 0.3) is 0 Å². The van der Waals surface area contributed by atoms with Crippen molar-refractivity contribution < 1.29 is 17.9 Å². The number of fused-ring (bicyclic) bond motifs is 1. The number of ether oxygens (including phenoxy) is 1. The van der Waals surface area contributed by atoms with Crippen LogP contribution in [0.2, 0.25) is 0 Å². The van der Waals surface area contributed by atoms with Crippen LogP contribution >= 0.6 is 0 Å². The van der Waals surface area contributed by atoms with Gasteiger partial charge in [-0.05, 0) is 75.1 Å². The second kappa shape index (κ2) is 8.16. The molecule has 0 fully saturated rings. The Balaban J connectivity index is 1.95. The number of carbonyl (C=O) groups excluding carboxylic acids is 1. The first-order chi connectivity index (χ1) is 13.7. The Kier molecular flexibility index (Phi) is 6.00. The summed E-state index contributed by atoms with van der Waals surface area (Å²) in [5.41, 5.74) is 3.53. The van der Waals surface area contributed by atoms with Gasteiger partial charge in [-0.25, -0.2) is 8.42 Å². The molecule has 0 aromatic heterocycles. The van der Waals surface area contributed by atoms with E-state index in [4.69, 9.17) is 4.74 Å². The fourth-order valence-electron chi connectivity index (χ4n) is 3.59. The molecule has 29 heavy (non-hydrogen) atoms. The molecule has 0 unspecified atom stereocenters. The summed E-state index contributed by atoms with van der Waals surface area (Å²) in [4.78, 5) is 15.2. The van der Waals surface area contributed by atoms with Crippen LogP contribution in [-0.4, -0.2) is 45.4 Å². The Bertz CT molecular complexity index is 1010. The summed E-state index contributed by atoms with van der Waals surface area (Å²) < 4.78 is 32.1. The van der Waals surface area contributed by atoms with Gasteiger partial charge in [-0.2, -0.15) is 4.31 Å². The number of sulfonamides is 1. The quantitative estimate of drug-likeness (QED) is 0.747. The van der Waals surface area contributed by atoms with Crippen molar-refractivity contribution in [2.24, 2.45) is 0 Å². The molecule has 2 aromatic rings. The minimum atomic E-state index is -3.58. The lowest BCUT2D eigenvalue weighted by atomic mass is 9.95. The highest BCUT2D eigenvalue weighted by Crippen LogP contribution is 2.39.